The van der Waals surface area contributed by atoms with Crippen molar-refractivity contribution in [3.8, 4) is 11.5 Å². The van der Waals surface area contributed by atoms with E-state index in [2.05, 4.69) is 5.16 Å². The maximum Gasteiger partial charge on any atom is 0.358 e. The number of nitrogens with zero attached hydrogens (tertiary/aromatic N) is 1. The summed E-state index contributed by atoms with van der Waals surface area (Å²) in [5.74, 6) is 0.571. The van der Waals surface area contributed by atoms with Gasteiger partial charge in [-0.3, -0.25) is 0 Å². The van der Waals surface area contributed by atoms with Gasteiger partial charge in [-0.15, -0.1) is 0 Å². The van der Waals surface area contributed by atoms with Gasteiger partial charge in [0.1, 0.15) is 0 Å². The molecule has 0 spiro atoms. The monoisotopic (exact) mass is 360 g/mol. The lowest BCUT2D eigenvalue weighted by atomic mass is 10.2. The van der Waals surface area contributed by atoms with Crippen LogP contribution in [0, 0.1) is 0 Å². The highest BCUT2D eigenvalue weighted by molar-refractivity contribution is 6.30. The van der Waals surface area contributed by atoms with Gasteiger partial charge in [0, 0.05) is 16.7 Å². The molecule has 0 fully saturated rings. The van der Waals surface area contributed by atoms with Crippen molar-refractivity contribution < 1.29 is 19.1 Å². The molecule has 6 nitrogen and oxygen atoms in total. The number of benzene rings is 2. The second kappa shape index (κ2) is 8.75. The number of hydrogen-bond donors (Lipinski definition) is 1. The molecule has 25 heavy (non-hydrogen) atoms. The van der Waals surface area contributed by atoms with Gasteiger partial charge >= 0.3 is 5.97 Å². The van der Waals surface area contributed by atoms with Crippen molar-refractivity contribution >= 4 is 29.5 Å². The van der Waals surface area contributed by atoms with E-state index in [0.717, 1.165) is 5.56 Å². The number of methoxy groups -OCH3 is 2. The topological polar surface area (TPSA) is 83.1 Å². The summed E-state index contributed by atoms with van der Waals surface area (Å²) in [7, 11) is 3.09. The summed E-state index contributed by atoms with van der Waals surface area (Å²) in [4.78, 5) is 16.5. The molecule has 2 aromatic rings. The zero-order chi connectivity index (χ0) is 18.2. The largest absolute Gasteiger partial charge is 0.493 e. The van der Waals surface area contributed by atoms with Crippen LogP contribution in [0.5, 0.6) is 11.5 Å². The van der Waals surface area contributed by atoms with Crippen molar-refractivity contribution in [2.24, 2.45) is 10.9 Å². The predicted octanol–water partition coefficient (Wildman–Crippen LogP) is 3.23. The summed E-state index contributed by atoms with van der Waals surface area (Å²) in [6.07, 6.45) is 2.80. The Morgan fingerprint density at radius 3 is 2.40 bits per heavy atom. The Labute approximate surface area is 150 Å². The van der Waals surface area contributed by atoms with Crippen LogP contribution in [0.3, 0.4) is 0 Å². The fourth-order valence-corrected chi connectivity index (χ4v) is 2.04. The summed E-state index contributed by atoms with van der Waals surface area (Å²) < 4.78 is 10.3. The Bertz CT molecular complexity index is 801. The first-order chi connectivity index (χ1) is 12.0. The molecule has 0 aliphatic carbocycles. The zero-order valence-electron chi connectivity index (χ0n) is 13.7. The van der Waals surface area contributed by atoms with Crippen molar-refractivity contribution in [3.63, 3.8) is 0 Å². The number of hydrogen-bond acceptors (Lipinski definition) is 5. The van der Waals surface area contributed by atoms with Crippen molar-refractivity contribution in [2.45, 2.75) is 0 Å². The van der Waals surface area contributed by atoms with E-state index in [1.165, 1.54) is 13.2 Å². The van der Waals surface area contributed by atoms with Crippen LogP contribution in [-0.2, 0) is 9.63 Å². The first kappa shape index (κ1) is 18.4. The third kappa shape index (κ3) is 5.26. The lowest BCUT2D eigenvalue weighted by Crippen LogP contribution is -2.14. The van der Waals surface area contributed by atoms with E-state index < -0.39 is 5.97 Å². The number of carbonyl (C=O) groups is 1. The molecule has 7 heteroatoms. The molecule has 0 radical (unpaired) electrons. The molecule has 0 amide bonds. The van der Waals surface area contributed by atoms with Gasteiger partial charge < -0.3 is 20.0 Å². The van der Waals surface area contributed by atoms with Gasteiger partial charge in [-0.2, -0.15) is 0 Å². The quantitative estimate of drug-likeness (QED) is 0.281. The van der Waals surface area contributed by atoms with E-state index >= 15 is 0 Å². The SMILES string of the molecule is COc1ccc(C=CC(=O)O/N=C(\N)c2ccc(Cl)cc2)cc1OC. The lowest BCUT2D eigenvalue weighted by molar-refractivity contribution is -0.137. The van der Waals surface area contributed by atoms with Crippen molar-refractivity contribution in [1.82, 2.24) is 0 Å². The van der Waals surface area contributed by atoms with Gasteiger partial charge in [0.2, 0.25) is 0 Å². The van der Waals surface area contributed by atoms with Crippen LogP contribution in [-0.4, -0.2) is 26.0 Å². The fourth-order valence-electron chi connectivity index (χ4n) is 1.92. The summed E-state index contributed by atoms with van der Waals surface area (Å²) in [5.41, 5.74) is 7.08. The number of ether oxygens (including phenoxy) is 2. The Morgan fingerprint density at radius 1 is 1.08 bits per heavy atom. The molecule has 0 heterocycles. The van der Waals surface area contributed by atoms with Gasteiger partial charge in [-0.1, -0.05) is 22.8 Å². The van der Waals surface area contributed by atoms with Crippen LogP contribution >= 0.6 is 11.6 Å². The van der Waals surface area contributed by atoms with Gasteiger partial charge in [0.05, 0.1) is 14.2 Å². The lowest BCUT2D eigenvalue weighted by Gasteiger charge is -2.07. The van der Waals surface area contributed by atoms with Crippen molar-refractivity contribution in [3.05, 3.63) is 64.7 Å². The predicted molar refractivity (Wildman–Crippen MR) is 96.8 cm³/mol. The minimum absolute atomic E-state index is 0.0736. The van der Waals surface area contributed by atoms with Gasteiger partial charge in [-0.25, -0.2) is 4.79 Å². The first-order valence-electron chi connectivity index (χ1n) is 7.24. The number of halogens is 1. The number of amidine groups is 1. The van der Waals surface area contributed by atoms with Crippen molar-refractivity contribution in [1.29, 1.82) is 0 Å². The standard InChI is InChI=1S/C18H17ClN2O4/c1-23-15-9-3-12(11-16(15)24-2)4-10-17(22)25-21-18(20)13-5-7-14(19)8-6-13/h3-11H,1-2H3,(H2,20,21). The molecule has 0 saturated carbocycles. The third-order valence-electron chi connectivity index (χ3n) is 3.19. The van der Waals surface area contributed by atoms with Crippen LogP contribution in [0.2, 0.25) is 5.02 Å². The van der Waals surface area contributed by atoms with Crippen LogP contribution < -0.4 is 15.2 Å². The molecule has 0 aromatic heterocycles. The number of carbonyl (C=O) groups excluding carboxylic acids is 1. The van der Waals surface area contributed by atoms with E-state index in [0.29, 0.717) is 22.1 Å². The molecule has 2 rings (SSSR count). The Morgan fingerprint density at radius 2 is 1.76 bits per heavy atom. The Hall–Kier alpha value is -2.99. The second-order valence-corrected chi connectivity index (χ2v) is 5.28. The summed E-state index contributed by atoms with van der Waals surface area (Å²) in [5, 5.41) is 4.18. The molecule has 0 bridgehead atoms. The molecule has 2 aromatic carbocycles. The highest BCUT2D eigenvalue weighted by Gasteiger charge is 2.04. The molecule has 130 valence electrons. The van der Waals surface area contributed by atoms with Gasteiger partial charge in [0.25, 0.3) is 0 Å². The Balaban J connectivity index is 2.01. The summed E-state index contributed by atoms with van der Waals surface area (Å²) >= 11 is 5.79. The highest BCUT2D eigenvalue weighted by Crippen LogP contribution is 2.27. The first-order valence-corrected chi connectivity index (χ1v) is 7.61. The second-order valence-electron chi connectivity index (χ2n) is 4.84. The van der Waals surface area contributed by atoms with Crippen LogP contribution in [0.4, 0.5) is 0 Å². The highest BCUT2D eigenvalue weighted by atomic mass is 35.5. The maximum absolute atomic E-state index is 11.7. The van der Waals surface area contributed by atoms with E-state index in [1.54, 1.807) is 55.7 Å². The van der Waals surface area contributed by atoms with Crippen LogP contribution in [0.1, 0.15) is 11.1 Å². The summed E-state index contributed by atoms with van der Waals surface area (Å²) in [6, 6.07) is 11.9. The molecule has 0 atom stereocenters. The minimum Gasteiger partial charge on any atom is -0.493 e. The fraction of sp³-hybridized carbons (Fsp3) is 0.111. The molecule has 0 aliphatic heterocycles. The normalized spacial score (nSPS) is 11.4. The molecular formula is C18H17ClN2O4. The molecular weight excluding hydrogens is 344 g/mol. The third-order valence-corrected chi connectivity index (χ3v) is 3.45. The van der Waals surface area contributed by atoms with E-state index in [4.69, 9.17) is 31.6 Å². The van der Waals surface area contributed by atoms with Gasteiger partial charge in [-0.05, 0) is 48.0 Å². The zero-order valence-corrected chi connectivity index (χ0v) is 14.5. The number of oxime groups is 1. The Kier molecular flexibility index (Phi) is 6.42. The smallest absolute Gasteiger partial charge is 0.358 e. The van der Waals surface area contributed by atoms with Crippen molar-refractivity contribution in [2.75, 3.05) is 14.2 Å². The maximum atomic E-state index is 11.7. The van der Waals surface area contributed by atoms with E-state index in [-0.39, 0.29) is 5.84 Å². The molecule has 0 aliphatic rings. The molecule has 2 N–H and O–H groups in total. The van der Waals surface area contributed by atoms with Gasteiger partial charge in [0.15, 0.2) is 17.3 Å². The molecule has 0 saturated heterocycles. The number of rotatable bonds is 6. The van der Waals surface area contributed by atoms with E-state index in [1.807, 2.05) is 0 Å². The average Bonchev–Trinajstić information content (AvgIpc) is 2.64. The number of nitrogens with two attached hydrogens (primary N) is 1. The van der Waals surface area contributed by atoms with Crippen LogP contribution in [0.15, 0.2) is 53.7 Å². The summed E-state index contributed by atoms with van der Waals surface area (Å²) in [6.45, 7) is 0. The van der Waals surface area contributed by atoms with E-state index in [9.17, 15) is 4.79 Å². The minimum atomic E-state index is -0.660. The average molecular weight is 361 g/mol. The molecule has 0 unspecified atom stereocenters. The van der Waals surface area contributed by atoms with Crippen LogP contribution in [0.25, 0.3) is 6.08 Å².